The first-order valence-corrected chi connectivity index (χ1v) is 8.03. The second-order valence-corrected chi connectivity index (χ2v) is 6.33. The molecule has 1 aliphatic carbocycles. The zero-order valence-corrected chi connectivity index (χ0v) is 13.4. The van der Waals surface area contributed by atoms with Crippen molar-refractivity contribution < 1.29 is 4.79 Å². The van der Waals surface area contributed by atoms with E-state index < -0.39 is 0 Å². The molecule has 110 valence electrons. The van der Waals surface area contributed by atoms with Crippen LogP contribution in [-0.4, -0.2) is 28.5 Å². The second-order valence-electron chi connectivity index (χ2n) is 5.41. The number of pyridine rings is 1. The highest BCUT2D eigenvalue weighted by atomic mass is 79.9. The predicted molar refractivity (Wildman–Crippen MR) is 82.6 cm³/mol. The highest BCUT2D eigenvalue weighted by molar-refractivity contribution is 9.10. The Bertz CT molecular complexity index is 523. The molecule has 20 heavy (non-hydrogen) atoms. The quantitative estimate of drug-likeness (QED) is 0.765. The largest absolute Gasteiger partial charge is 0.342 e. The van der Waals surface area contributed by atoms with Gasteiger partial charge in [0.1, 0.15) is 0 Å². The van der Waals surface area contributed by atoms with E-state index in [1.165, 1.54) is 18.9 Å². The third kappa shape index (κ3) is 4.47. The van der Waals surface area contributed by atoms with E-state index in [2.05, 4.69) is 22.9 Å². The van der Waals surface area contributed by atoms with E-state index in [0.29, 0.717) is 18.9 Å². The summed E-state index contributed by atoms with van der Waals surface area (Å²) in [5.41, 5.74) is -0.0646. The lowest BCUT2D eigenvalue weighted by Gasteiger charge is -2.22. The summed E-state index contributed by atoms with van der Waals surface area (Å²) in [6.07, 6.45) is 5.61. The Morgan fingerprint density at radius 2 is 2.20 bits per heavy atom. The molecule has 4 nitrogen and oxygen atoms in total. The van der Waals surface area contributed by atoms with Crippen LogP contribution < -0.4 is 5.56 Å². The van der Waals surface area contributed by atoms with Crippen LogP contribution in [0.25, 0.3) is 0 Å². The molecular weight excluding hydrogens is 320 g/mol. The van der Waals surface area contributed by atoms with Crippen molar-refractivity contribution in [3.05, 3.63) is 33.2 Å². The molecule has 0 bridgehead atoms. The van der Waals surface area contributed by atoms with Gasteiger partial charge in [-0.2, -0.15) is 0 Å². The molecule has 0 spiro atoms. The van der Waals surface area contributed by atoms with Crippen molar-refractivity contribution in [1.29, 1.82) is 0 Å². The molecule has 2 rings (SSSR count). The summed E-state index contributed by atoms with van der Waals surface area (Å²) in [6, 6.07) is 3.24. The van der Waals surface area contributed by atoms with Crippen molar-refractivity contribution in [2.45, 2.75) is 39.2 Å². The summed E-state index contributed by atoms with van der Waals surface area (Å²) in [6.45, 7) is 4.25. The van der Waals surface area contributed by atoms with E-state index in [0.717, 1.165) is 24.0 Å². The molecular formula is C15H21BrN2O2. The van der Waals surface area contributed by atoms with Gasteiger partial charge < -0.3 is 9.47 Å². The summed E-state index contributed by atoms with van der Waals surface area (Å²) in [7, 11) is 0. The Balaban J connectivity index is 1.91. The summed E-state index contributed by atoms with van der Waals surface area (Å²) in [4.78, 5) is 25.9. The number of aryl methyl sites for hydroxylation is 1. The Hall–Kier alpha value is -1.10. The maximum atomic E-state index is 12.3. The third-order valence-corrected chi connectivity index (χ3v) is 4.00. The van der Waals surface area contributed by atoms with Gasteiger partial charge in [0, 0.05) is 42.8 Å². The summed E-state index contributed by atoms with van der Waals surface area (Å²) in [5.74, 6) is 0.865. The Morgan fingerprint density at radius 1 is 1.45 bits per heavy atom. The van der Waals surface area contributed by atoms with E-state index in [1.54, 1.807) is 16.8 Å². The smallest absolute Gasteiger partial charge is 0.250 e. The van der Waals surface area contributed by atoms with Crippen molar-refractivity contribution in [3.63, 3.8) is 0 Å². The van der Waals surface area contributed by atoms with Crippen LogP contribution in [0.5, 0.6) is 0 Å². The lowest BCUT2D eigenvalue weighted by Crippen LogP contribution is -2.34. The van der Waals surface area contributed by atoms with E-state index in [4.69, 9.17) is 0 Å². The number of aromatic nitrogens is 1. The average Bonchev–Trinajstić information content (AvgIpc) is 3.23. The van der Waals surface area contributed by atoms with Gasteiger partial charge in [-0.05, 0) is 47.2 Å². The molecule has 1 heterocycles. The highest BCUT2D eigenvalue weighted by Gasteiger charge is 2.26. The van der Waals surface area contributed by atoms with E-state index in [9.17, 15) is 9.59 Å². The molecule has 1 fully saturated rings. The number of carbonyl (C=O) groups excluding carboxylic acids is 1. The summed E-state index contributed by atoms with van der Waals surface area (Å²) >= 11 is 3.34. The first-order chi connectivity index (χ1) is 9.60. The average molecular weight is 341 g/mol. The van der Waals surface area contributed by atoms with Gasteiger partial charge in [-0.3, -0.25) is 9.59 Å². The number of nitrogens with zero attached hydrogens (tertiary/aromatic N) is 2. The van der Waals surface area contributed by atoms with Crippen LogP contribution in [-0.2, 0) is 11.3 Å². The van der Waals surface area contributed by atoms with Crippen molar-refractivity contribution in [3.8, 4) is 0 Å². The van der Waals surface area contributed by atoms with Crippen LogP contribution in [0.4, 0.5) is 0 Å². The van der Waals surface area contributed by atoms with E-state index in [1.807, 2.05) is 4.90 Å². The summed E-state index contributed by atoms with van der Waals surface area (Å²) < 4.78 is 2.44. The van der Waals surface area contributed by atoms with Crippen LogP contribution >= 0.6 is 15.9 Å². The summed E-state index contributed by atoms with van der Waals surface area (Å²) in [5, 5.41) is 0. The predicted octanol–water partition coefficient (Wildman–Crippen LogP) is 2.65. The minimum atomic E-state index is -0.0646. The van der Waals surface area contributed by atoms with Crippen molar-refractivity contribution in [2.24, 2.45) is 5.92 Å². The molecule has 0 aromatic carbocycles. The molecule has 1 aliphatic rings. The van der Waals surface area contributed by atoms with E-state index in [-0.39, 0.29) is 11.5 Å². The van der Waals surface area contributed by atoms with Crippen molar-refractivity contribution in [2.75, 3.05) is 13.1 Å². The van der Waals surface area contributed by atoms with Crippen molar-refractivity contribution >= 4 is 21.8 Å². The number of carbonyl (C=O) groups is 1. The monoisotopic (exact) mass is 340 g/mol. The fourth-order valence-electron chi connectivity index (χ4n) is 2.25. The van der Waals surface area contributed by atoms with Gasteiger partial charge in [-0.1, -0.05) is 6.92 Å². The first kappa shape index (κ1) is 15.3. The molecule has 0 radical (unpaired) electrons. The van der Waals surface area contributed by atoms with Gasteiger partial charge in [0.05, 0.1) is 0 Å². The number of hydrogen-bond donors (Lipinski definition) is 0. The van der Waals surface area contributed by atoms with Gasteiger partial charge in [-0.25, -0.2) is 0 Å². The topological polar surface area (TPSA) is 42.3 Å². The minimum Gasteiger partial charge on any atom is -0.342 e. The van der Waals surface area contributed by atoms with Gasteiger partial charge in [-0.15, -0.1) is 0 Å². The van der Waals surface area contributed by atoms with E-state index >= 15 is 0 Å². The molecule has 1 aromatic rings. The van der Waals surface area contributed by atoms with Crippen LogP contribution in [0.15, 0.2) is 27.6 Å². The normalized spacial score (nSPS) is 14.3. The third-order valence-electron chi connectivity index (χ3n) is 3.54. The Morgan fingerprint density at radius 3 is 2.85 bits per heavy atom. The highest BCUT2D eigenvalue weighted by Crippen LogP contribution is 2.29. The first-order valence-electron chi connectivity index (χ1n) is 7.24. The molecule has 1 aromatic heterocycles. The molecule has 0 saturated heterocycles. The van der Waals surface area contributed by atoms with Crippen LogP contribution in [0.2, 0.25) is 0 Å². The Kier molecular flexibility index (Phi) is 5.40. The van der Waals surface area contributed by atoms with Gasteiger partial charge in [0.2, 0.25) is 5.91 Å². The molecule has 5 heteroatoms. The SMILES string of the molecule is CCCN(CC1CC1)C(=O)CCn1cc(Br)ccc1=O. The van der Waals surface area contributed by atoms with Crippen LogP contribution in [0.1, 0.15) is 32.6 Å². The molecule has 0 unspecified atom stereocenters. The molecule has 0 atom stereocenters. The maximum absolute atomic E-state index is 12.3. The molecule has 1 amide bonds. The van der Waals surface area contributed by atoms with Crippen LogP contribution in [0, 0.1) is 5.92 Å². The Labute approximate surface area is 127 Å². The second kappa shape index (κ2) is 7.07. The molecule has 0 aliphatic heterocycles. The lowest BCUT2D eigenvalue weighted by molar-refractivity contribution is -0.131. The molecule has 1 saturated carbocycles. The van der Waals surface area contributed by atoms with Crippen molar-refractivity contribution in [1.82, 2.24) is 9.47 Å². The number of amides is 1. The van der Waals surface area contributed by atoms with Gasteiger partial charge in [0.25, 0.3) is 5.56 Å². The van der Waals surface area contributed by atoms with Gasteiger partial charge >= 0.3 is 0 Å². The minimum absolute atomic E-state index is 0.0646. The number of rotatable bonds is 7. The number of hydrogen-bond acceptors (Lipinski definition) is 2. The standard InChI is InChI=1S/C15H21BrN2O2/c1-2-8-17(10-12-3-4-12)15(20)7-9-18-11-13(16)5-6-14(18)19/h5-6,11-12H,2-4,7-10H2,1H3. The number of halogens is 1. The fourth-order valence-corrected chi connectivity index (χ4v) is 2.63. The lowest BCUT2D eigenvalue weighted by atomic mass is 10.2. The van der Waals surface area contributed by atoms with Crippen LogP contribution in [0.3, 0.4) is 0 Å². The zero-order valence-electron chi connectivity index (χ0n) is 11.8. The maximum Gasteiger partial charge on any atom is 0.250 e. The van der Waals surface area contributed by atoms with Gasteiger partial charge in [0.15, 0.2) is 0 Å². The zero-order chi connectivity index (χ0) is 14.5. The fraction of sp³-hybridized carbons (Fsp3) is 0.600. The molecule has 0 N–H and O–H groups in total.